The molecule has 1 aliphatic carbocycles. The summed E-state index contributed by atoms with van der Waals surface area (Å²) in [5, 5.41) is 0. The molecular weight excluding hydrogens is 254 g/mol. The standard InChI is InChI=1S/C6H11.CH3O.3ClH.Ti/c1-2-4-6-5-3-1;1-2;;;;/h1H,2-6H2;1H3;3*1H;/q;-1;;;;+4/p-3. The zero-order chi connectivity index (χ0) is 6.53. The summed E-state index contributed by atoms with van der Waals surface area (Å²) in [4.78, 5) is 0. The Morgan fingerprint density at radius 1 is 1.00 bits per heavy atom. The average Bonchev–Trinajstić information content (AvgIpc) is 1.91. The largest absolute Gasteiger partial charge is 1.00 e. The fourth-order valence-corrected chi connectivity index (χ4v) is 2.91. The van der Waals surface area contributed by atoms with Gasteiger partial charge in [-0.3, -0.25) is 0 Å². The van der Waals surface area contributed by atoms with Crippen molar-refractivity contribution in [1.82, 2.24) is 0 Å². The van der Waals surface area contributed by atoms with Gasteiger partial charge in [0.15, 0.2) is 0 Å². The van der Waals surface area contributed by atoms with Crippen molar-refractivity contribution in [1.29, 1.82) is 0 Å². The molecule has 1 fully saturated rings. The molecule has 0 atom stereocenters. The molecule has 12 heavy (non-hydrogen) atoms. The molecule has 0 N–H and O–H groups in total. The fraction of sp³-hybridized carbons (Fsp3) is 1.00. The van der Waals surface area contributed by atoms with Gasteiger partial charge in [-0.25, -0.2) is 0 Å². The molecule has 0 saturated heterocycles. The molecule has 1 nitrogen and oxygen atoms in total. The van der Waals surface area contributed by atoms with Gasteiger partial charge in [0.05, 0.1) is 0 Å². The molecule has 5 heteroatoms. The van der Waals surface area contributed by atoms with Gasteiger partial charge in [-0.1, -0.05) is 0 Å². The topological polar surface area (TPSA) is 9.23 Å². The van der Waals surface area contributed by atoms with Crippen molar-refractivity contribution in [2.75, 3.05) is 7.11 Å². The van der Waals surface area contributed by atoms with Crippen LogP contribution in [0.1, 0.15) is 32.1 Å². The van der Waals surface area contributed by atoms with E-state index in [2.05, 4.69) is 0 Å². The van der Waals surface area contributed by atoms with Crippen molar-refractivity contribution < 1.29 is 60.1 Å². The van der Waals surface area contributed by atoms with E-state index in [1.165, 1.54) is 32.1 Å². The van der Waals surface area contributed by atoms with E-state index >= 15 is 0 Å². The summed E-state index contributed by atoms with van der Waals surface area (Å²) >= 11 is -0.0131. The minimum absolute atomic E-state index is 0. The smallest absolute Gasteiger partial charge is 1.00 e. The molecule has 0 heterocycles. The van der Waals surface area contributed by atoms with Gasteiger partial charge in [0.2, 0.25) is 0 Å². The average molecular weight is 268 g/mol. The second kappa shape index (κ2) is 12.5. The molecule has 0 radical (unpaired) electrons. The third kappa shape index (κ3) is 8.16. The second-order valence-corrected chi connectivity index (χ2v) is 4.94. The van der Waals surface area contributed by atoms with Crippen LogP contribution in [-0.4, -0.2) is 7.11 Å². The number of rotatable bonds is 2. The van der Waals surface area contributed by atoms with Crippen LogP contribution in [0.5, 0.6) is 0 Å². The monoisotopic (exact) mass is 267 g/mol. The van der Waals surface area contributed by atoms with Crippen molar-refractivity contribution in [3.05, 3.63) is 0 Å². The van der Waals surface area contributed by atoms with Crippen LogP contribution in [0, 0.1) is 0 Å². The predicted molar refractivity (Wildman–Crippen MR) is 33.8 cm³/mol. The van der Waals surface area contributed by atoms with Crippen molar-refractivity contribution in [3.63, 3.8) is 0 Å². The SMILES string of the molecule is C[O][Ti+3][CH]1CCCCC1.[Cl-].[Cl-].[Cl-]. The van der Waals surface area contributed by atoms with Gasteiger partial charge in [-0.05, 0) is 0 Å². The molecule has 73 valence electrons. The Hall–Kier alpha value is 1.54. The third-order valence-corrected chi connectivity index (χ3v) is 3.68. The van der Waals surface area contributed by atoms with Crippen LogP contribution < -0.4 is 37.2 Å². The van der Waals surface area contributed by atoms with Gasteiger partial charge in [0.1, 0.15) is 0 Å². The molecule has 0 spiro atoms. The molecular formula is C7H14Cl3OTi. The van der Waals surface area contributed by atoms with Crippen LogP contribution in [0.3, 0.4) is 0 Å². The Balaban J connectivity index is -0.000000270. The minimum Gasteiger partial charge on any atom is -1.00 e. The van der Waals surface area contributed by atoms with Crippen LogP contribution >= 0.6 is 0 Å². The van der Waals surface area contributed by atoms with Crippen LogP contribution in [0.25, 0.3) is 0 Å². The Kier molecular flexibility index (Phi) is 20.0. The van der Waals surface area contributed by atoms with Gasteiger partial charge < -0.3 is 37.2 Å². The van der Waals surface area contributed by atoms with E-state index in [9.17, 15) is 0 Å². The molecule has 0 amide bonds. The fourth-order valence-electron chi connectivity index (χ4n) is 1.39. The summed E-state index contributed by atoms with van der Waals surface area (Å²) in [5.41, 5.74) is 0. The van der Waals surface area contributed by atoms with Gasteiger partial charge in [0, 0.05) is 0 Å². The van der Waals surface area contributed by atoms with Crippen LogP contribution in [0.15, 0.2) is 0 Å². The molecule has 0 unspecified atom stereocenters. The first-order chi connectivity index (χ1) is 4.43. The van der Waals surface area contributed by atoms with E-state index in [1.807, 2.05) is 7.11 Å². The third-order valence-electron chi connectivity index (χ3n) is 1.89. The van der Waals surface area contributed by atoms with Gasteiger partial charge in [-0.15, -0.1) is 0 Å². The predicted octanol–water partition coefficient (Wildman–Crippen LogP) is -6.61. The van der Waals surface area contributed by atoms with Crippen molar-refractivity contribution in [2.24, 2.45) is 0 Å². The van der Waals surface area contributed by atoms with Gasteiger partial charge in [-0.2, -0.15) is 0 Å². The molecule has 1 saturated carbocycles. The number of halogens is 3. The first kappa shape index (κ1) is 19.2. The maximum atomic E-state index is 5.21. The Bertz CT molecular complexity index is 76.3. The molecule has 0 aromatic heterocycles. The molecule has 1 aliphatic rings. The zero-order valence-electron chi connectivity index (χ0n) is 7.16. The molecule has 0 bridgehead atoms. The Morgan fingerprint density at radius 3 is 1.92 bits per heavy atom. The number of hydrogen-bond acceptors (Lipinski definition) is 1. The molecule has 0 aromatic rings. The van der Waals surface area contributed by atoms with Crippen molar-refractivity contribution in [2.45, 2.75) is 36.3 Å². The van der Waals surface area contributed by atoms with E-state index < -0.39 is 0 Å². The summed E-state index contributed by atoms with van der Waals surface area (Å²) in [7, 11) is 1.86. The van der Waals surface area contributed by atoms with E-state index in [-0.39, 0.29) is 56.8 Å². The molecule has 0 aliphatic heterocycles. The summed E-state index contributed by atoms with van der Waals surface area (Å²) in [6, 6.07) is 0. The summed E-state index contributed by atoms with van der Waals surface area (Å²) in [6.45, 7) is 0. The maximum Gasteiger partial charge on any atom is -1.00 e. The summed E-state index contributed by atoms with van der Waals surface area (Å²) < 4.78 is 6.21. The number of hydrogen-bond donors (Lipinski definition) is 0. The van der Waals surface area contributed by atoms with Gasteiger partial charge >= 0.3 is 66.3 Å². The van der Waals surface area contributed by atoms with Crippen LogP contribution in [0.2, 0.25) is 4.22 Å². The maximum absolute atomic E-state index is 5.21. The minimum atomic E-state index is -0.0131. The quantitative estimate of drug-likeness (QED) is 0.453. The first-order valence-corrected chi connectivity index (χ1v) is 5.26. The van der Waals surface area contributed by atoms with E-state index in [4.69, 9.17) is 3.32 Å². The second-order valence-electron chi connectivity index (χ2n) is 2.66. The Labute approximate surface area is 103 Å². The van der Waals surface area contributed by atoms with E-state index in [1.54, 1.807) is 0 Å². The summed E-state index contributed by atoms with van der Waals surface area (Å²) in [5.74, 6) is 0. The van der Waals surface area contributed by atoms with Crippen LogP contribution in [0.4, 0.5) is 0 Å². The normalized spacial score (nSPS) is 16.1. The molecule has 1 rings (SSSR count). The first-order valence-electron chi connectivity index (χ1n) is 3.72. The van der Waals surface area contributed by atoms with Crippen molar-refractivity contribution >= 4 is 0 Å². The van der Waals surface area contributed by atoms with E-state index in [0.717, 1.165) is 4.22 Å². The Morgan fingerprint density at radius 2 is 1.50 bits per heavy atom. The van der Waals surface area contributed by atoms with E-state index in [0.29, 0.717) is 0 Å². The van der Waals surface area contributed by atoms with Crippen LogP contribution in [-0.2, 0) is 22.9 Å². The van der Waals surface area contributed by atoms with Crippen molar-refractivity contribution in [3.8, 4) is 0 Å². The summed E-state index contributed by atoms with van der Waals surface area (Å²) in [6.07, 6.45) is 7.28. The van der Waals surface area contributed by atoms with Gasteiger partial charge in [0.25, 0.3) is 0 Å². The molecule has 0 aromatic carbocycles. The zero-order valence-corrected chi connectivity index (χ0v) is 11.0.